The number of fused-ring (bicyclic) bond motifs is 1. The number of imidazole rings is 1. The van der Waals surface area contributed by atoms with Gasteiger partial charge in [0.05, 0.1) is 36.5 Å². The predicted octanol–water partition coefficient (Wildman–Crippen LogP) is 3.75. The summed E-state index contributed by atoms with van der Waals surface area (Å²) in [4.78, 5) is 30.3. The monoisotopic (exact) mass is 584 g/mol. The number of pyridine rings is 1. The second-order valence-corrected chi connectivity index (χ2v) is 10.2. The largest absolute Gasteiger partial charge is 0.478 e. The number of aromatic nitrogens is 5. The fourth-order valence-corrected chi connectivity index (χ4v) is 5.02. The van der Waals surface area contributed by atoms with E-state index in [0.717, 1.165) is 18.7 Å². The van der Waals surface area contributed by atoms with E-state index in [0.29, 0.717) is 68.9 Å². The van der Waals surface area contributed by atoms with Gasteiger partial charge in [-0.25, -0.2) is 32.9 Å². The number of likely N-dealkylation sites (tertiary alicyclic amines) is 1. The van der Waals surface area contributed by atoms with E-state index in [4.69, 9.17) is 14.2 Å². The summed E-state index contributed by atoms with van der Waals surface area (Å²) in [7, 11) is 0. The molecule has 11 nitrogen and oxygen atoms in total. The average Bonchev–Trinajstić information content (AvgIpc) is 3.28. The van der Waals surface area contributed by atoms with Gasteiger partial charge in [0.2, 0.25) is 5.88 Å². The number of ether oxygens (including phenoxy) is 3. The molecule has 0 bridgehead atoms. The molecule has 0 unspecified atom stereocenters. The number of carbonyl (C=O) groups is 1. The molecular formula is C28H27F3N6O5. The number of benzene rings is 1. The van der Waals surface area contributed by atoms with Crippen molar-refractivity contribution in [2.24, 2.45) is 0 Å². The third kappa shape index (κ3) is 6.14. The number of carboxylic acid groups (broad SMARTS) is 1. The van der Waals surface area contributed by atoms with Crippen molar-refractivity contribution in [3.8, 4) is 11.8 Å². The maximum absolute atomic E-state index is 14.8. The van der Waals surface area contributed by atoms with Gasteiger partial charge in [-0.15, -0.1) is 0 Å². The van der Waals surface area contributed by atoms with E-state index >= 15 is 0 Å². The van der Waals surface area contributed by atoms with Gasteiger partial charge < -0.3 is 23.9 Å². The molecule has 4 aromatic rings. The van der Waals surface area contributed by atoms with Gasteiger partial charge in [-0.3, -0.25) is 4.90 Å². The zero-order valence-electron chi connectivity index (χ0n) is 22.4. The second kappa shape index (κ2) is 11.9. The SMILES string of the molecule is O=C(O)c1cc(F)c2nc(CN3CCC(Oc4ccnc(COc5ncc(F)cc5F)n4)CC3)n(C[C@@H]3CCO3)c2c1. The quantitative estimate of drug-likeness (QED) is 0.295. The van der Waals surface area contributed by atoms with Gasteiger partial charge in [-0.05, 0) is 31.4 Å². The first-order valence-electron chi connectivity index (χ1n) is 13.5. The van der Waals surface area contributed by atoms with Crippen LogP contribution >= 0.6 is 0 Å². The van der Waals surface area contributed by atoms with E-state index < -0.39 is 23.4 Å². The smallest absolute Gasteiger partial charge is 0.335 e. The summed E-state index contributed by atoms with van der Waals surface area (Å²) in [5.41, 5.74) is 0.463. The highest BCUT2D eigenvalue weighted by Crippen LogP contribution is 2.27. The van der Waals surface area contributed by atoms with Gasteiger partial charge in [-0.1, -0.05) is 0 Å². The molecule has 1 aromatic carbocycles. The fourth-order valence-electron chi connectivity index (χ4n) is 5.02. The Bertz CT molecular complexity index is 1610. The Hall–Kier alpha value is -4.30. The Morgan fingerprint density at radius 3 is 2.60 bits per heavy atom. The molecule has 220 valence electrons. The van der Waals surface area contributed by atoms with Crippen molar-refractivity contribution in [3.05, 3.63) is 71.3 Å². The van der Waals surface area contributed by atoms with E-state index in [-0.39, 0.29) is 41.6 Å². The molecule has 0 radical (unpaired) electrons. The van der Waals surface area contributed by atoms with Crippen LogP contribution in [0, 0.1) is 17.5 Å². The number of piperidine rings is 1. The first-order valence-corrected chi connectivity index (χ1v) is 13.5. The summed E-state index contributed by atoms with van der Waals surface area (Å²) in [6, 6.07) is 4.76. The minimum Gasteiger partial charge on any atom is -0.478 e. The molecule has 6 rings (SSSR count). The zero-order valence-corrected chi connectivity index (χ0v) is 22.4. The van der Waals surface area contributed by atoms with Crippen LogP contribution in [-0.4, -0.2) is 72.4 Å². The van der Waals surface area contributed by atoms with E-state index in [1.165, 1.54) is 12.3 Å². The Morgan fingerprint density at radius 1 is 1.07 bits per heavy atom. The van der Waals surface area contributed by atoms with Gasteiger partial charge in [0, 0.05) is 38.0 Å². The van der Waals surface area contributed by atoms with Gasteiger partial charge in [-0.2, -0.15) is 4.98 Å². The topological polar surface area (TPSA) is 125 Å². The number of rotatable bonds is 10. The molecule has 0 amide bonds. The summed E-state index contributed by atoms with van der Waals surface area (Å²) in [5.74, 6) is -2.69. The molecule has 5 heterocycles. The Kier molecular flexibility index (Phi) is 7.89. The summed E-state index contributed by atoms with van der Waals surface area (Å²) in [6.45, 7) is 2.79. The number of carboxylic acids is 1. The van der Waals surface area contributed by atoms with Crippen molar-refractivity contribution in [3.63, 3.8) is 0 Å². The second-order valence-electron chi connectivity index (χ2n) is 10.2. The Morgan fingerprint density at radius 2 is 1.88 bits per heavy atom. The molecule has 2 aliphatic heterocycles. The molecule has 0 spiro atoms. The summed E-state index contributed by atoms with van der Waals surface area (Å²) < 4.78 is 60.5. The van der Waals surface area contributed by atoms with Crippen molar-refractivity contribution in [2.75, 3.05) is 19.7 Å². The molecule has 2 aliphatic rings. The molecule has 2 saturated heterocycles. The fraction of sp³-hybridized carbons (Fsp3) is 0.393. The summed E-state index contributed by atoms with van der Waals surface area (Å²) in [6.07, 6.45) is 4.51. The molecule has 14 heteroatoms. The van der Waals surface area contributed by atoms with Crippen molar-refractivity contribution in [1.29, 1.82) is 0 Å². The highest BCUT2D eigenvalue weighted by atomic mass is 19.1. The maximum Gasteiger partial charge on any atom is 0.335 e. The van der Waals surface area contributed by atoms with Crippen LogP contribution in [-0.2, 0) is 24.4 Å². The van der Waals surface area contributed by atoms with Crippen molar-refractivity contribution >= 4 is 17.0 Å². The summed E-state index contributed by atoms with van der Waals surface area (Å²) >= 11 is 0. The lowest BCUT2D eigenvalue weighted by atomic mass is 10.1. The van der Waals surface area contributed by atoms with Gasteiger partial charge >= 0.3 is 5.97 Å². The normalized spacial score (nSPS) is 17.7. The van der Waals surface area contributed by atoms with Crippen LogP contribution in [0.5, 0.6) is 11.8 Å². The van der Waals surface area contributed by atoms with E-state index in [1.54, 1.807) is 6.07 Å². The van der Waals surface area contributed by atoms with Crippen LogP contribution in [0.1, 0.15) is 41.3 Å². The van der Waals surface area contributed by atoms with Crippen LogP contribution < -0.4 is 9.47 Å². The number of nitrogens with zero attached hydrogens (tertiary/aromatic N) is 6. The maximum atomic E-state index is 14.8. The minimum atomic E-state index is -1.20. The number of hydrogen-bond acceptors (Lipinski definition) is 9. The highest BCUT2D eigenvalue weighted by molar-refractivity contribution is 5.92. The molecule has 0 saturated carbocycles. The molecule has 0 aliphatic carbocycles. The van der Waals surface area contributed by atoms with Crippen LogP contribution in [0.15, 0.2) is 36.7 Å². The van der Waals surface area contributed by atoms with Crippen molar-refractivity contribution in [1.82, 2.24) is 29.4 Å². The van der Waals surface area contributed by atoms with Gasteiger partial charge in [0.1, 0.15) is 29.9 Å². The van der Waals surface area contributed by atoms with Crippen LogP contribution in [0.25, 0.3) is 11.0 Å². The molecular weight excluding hydrogens is 557 g/mol. The van der Waals surface area contributed by atoms with Crippen molar-refractivity contribution in [2.45, 2.75) is 51.2 Å². The number of halogens is 3. The molecule has 2 fully saturated rings. The third-order valence-electron chi connectivity index (χ3n) is 7.29. The molecule has 3 aromatic heterocycles. The minimum absolute atomic E-state index is 0.0223. The molecule has 1 N–H and O–H groups in total. The van der Waals surface area contributed by atoms with E-state index in [2.05, 4.69) is 24.8 Å². The Labute approximate surface area is 237 Å². The van der Waals surface area contributed by atoms with Gasteiger partial charge in [0.15, 0.2) is 17.5 Å². The lowest BCUT2D eigenvalue weighted by Gasteiger charge is -2.32. The predicted molar refractivity (Wildman–Crippen MR) is 140 cm³/mol. The van der Waals surface area contributed by atoms with Crippen molar-refractivity contribution < 1.29 is 37.3 Å². The van der Waals surface area contributed by atoms with Crippen LogP contribution in [0.3, 0.4) is 0 Å². The standard InChI is InChI=1S/C28H27F3N6O5/c29-17-11-21(31)27(33-12-17)41-15-23-32-5-1-25(34-23)42-18-2-6-36(7-3-18)14-24-35-26-20(30)9-16(28(38)39)10-22(26)37(24)13-19-4-8-40-19/h1,5,9-12,18-19H,2-4,6-8,13-15H2,(H,38,39)/t19-/m0/s1. The first kappa shape index (κ1) is 27.8. The van der Waals surface area contributed by atoms with Gasteiger partial charge in [0.25, 0.3) is 5.88 Å². The lowest BCUT2D eigenvalue weighted by Crippen LogP contribution is -2.39. The molecule has 42 heavy (non-hydrogen) atoms. The van der Waals surface area contributed by atoms with E-state index in [9.17, 15) is 23.1 Å². The average molecular weight is 585 g/mol. The molecule has 1 atom stereocenters. The summed E-state index contributed by atoms with van der Waals surface area (Å²) in [5, 5.41) is 9.42. The number of aromatic carboxylic acids is 1. The van der Waals surface area contributed by atoms with Crippen LogP contribution in [0.2, 0.25) is 0 Å². The first-order chi connectivity index (χ1) is 20.3. The Balaban J connectivity index is 1.08. The van der Waals surface area contributed by atoms with Crippen LogP contribution in [0.4, 0.5) is 13.2 Å². The number of hydrogen-bond donors (Lipinski definition) is 1. The zero-order chi connectivity index (χ0) is 29.2. The highest BCUT2D eigenvalue weighted by Gasteiger charge is 2.27. The third-order valence-corrected chi connectivity index (χ3v) is 7.29. The van der Waals surface area contributed by atoms with E-state index in [1.807, 2.05) is 4.57 Å². The lowest BCUT2D eigenvalue weighted by molar-refractivity contribution is -0.0592.